The molecule has 0 saturated carbocycles. The third kappa shape index (κ3) is 3.33. The molecule has 2 atom stereocenters. The number of hydrogen-bond acceptors (Lipinski definition) is 3. The van der Waals surface area contributed by atoms with E-state index in [4.69, 9.17) is 0 Å². The second kappa shape index (κ2) is 6.34. The highest BCUT2D eigenvalue weighted by atomic mass is 32.1. The lowest BCUT2D eigenvalue weighted by Gasteiger charge is -2.31. The summed E-state index contributed by atoms with van der Waals surface area (Å²) in [4.78, 5) is 15.6. The van der Waals surface area contributed by atoms with E-state index >= 15 is 0 Å². The molecule has 18 heavy (non-hydrogen) atoms. The molecule has 1 aromatic rings. The summed E-state index contributed by atoms with van der Waals surface area (Å²) in [6, 6.07) is 4.49. The van der Waals surface area contributed by atoms with Crippen LogP contribution < -0.4 is 5.32 Å². The zero-order valence-electron chi connectivity index (χ0n) is 11.2. The van der Waals surface area contributed by atoms with Crippen LogP contribution in [0.2, 0.25) is 0 Å². The normalized spacial score (nSPS) is 21.6. The van der Waals surface area contributed by atoms with Gasteiger partial charge < -0.3 is 10.2 Å². The Morgan fingerprint density at radius 2 is 2.50 bits per heavy atom. The maximum atomic E-state index is 12.4. The van der Waals surface area contributed by atoms with Crippen molar-refractivity contribution in [3.8, 4) is 0 Å². The Labute approximate surface area is 113 Å². The number of carbonyl (C=O) groups is 1. The molecule has 0 radical (unpaired) electrons. The van der Waals surface area contributed by atoms with Crippen LogP contribution in [-0.2, 0) is 11.2 Å². The SMILES string of the molecule is CC(Cc1cccs1)N(C)C(=O)C1CCCNC1. The quantitative estimate of drug-likeness (QED) is 0.905. The Balaban J connectivity index is 1.88. The minimum absolute atomic E-state index is 0.175. The van der Waals surface area contributed by atoms with Gasteiger partial charge in [-0.25, -0.2) is 0 Å². The molecular formula is C14H22N2OS. The molecule has 2 rings (SSSR count). The van der Waals surface area contributed by atoms with Crippen LogP contribution in [0.1, 0.15) is 24.6 Å². The van der Waals surface area contributed by atoms with Gasteiger partial charge in [-0.1, -0.05) is 6.07 Å². The number of carbonyl (C=O) groups excluding carboxylic acids is 1. The number of nitrogens with zero attached hydrogens (tertiary/aromatic N) is 1. The average Bonchev–Trinajstić information content (AvgIpc) is 2.91. The van der Waals surface area contributed by atoms with E-state index in [2.05, 4.69) is 29.8 Å². The molecule has 1 amide bonds. The number of hydrogen-bond donors (Lipinski definition) is 1. The van der Waals surface area contributed by atoms with E-state index in [1.54, 1.807) is 11.3 Å². The topological polar surface area (TPSA) is 32.3 Å². The molecule has 1 fully saturated rings. The lowest BCUT2D eigenvalue weighted by molar-refractivity contribution is -0.136. The van der Waals surface area contributed by atoms with Crippen molar-refractivity contribution in [2.24, 2.45) is 5.92 Å². The van der Waals surface area contributed by atoms with Gasteiger partial charge in [0.05, 0.1) is 5.92 Å². The molecule has 0 aromatic carbocycles. The molecule has 4 heteroatoms. The number of thiophene rings is 1. The van der Waals surface area contributed by atoms with Gasteiger partial charge in [0.15, 0.2) is 0 Å². The fourth-order valence-corrected chi connectivity index (χ4v) is 3.25. The molecule has 1 aliphatic rings. The van der Waals surface area contributed by atoms with E-state index in [-0.39, 0.29) is 12.0 Å². The predicted molar refractivity (Wildman–Crippen MR) is 75.8 cm³/mol. The average molecular weight is 266 g/mol. The van der Waals surface area contributed by atoms with Gasteiger partial charge in [0.1, 0.15) is 0 Å². The first-order valence-corrected chi connectivity index (χ1v) is 7.56. The highest BCUT2D eigenvalue weighted by Crippen LogP contribution is 2.17. The maximum Gasteiger partial charge on any atom is 0.226 e. The number of piperidine rings is 1. The third-order valence-electron chi connectivity index (χ3n) is 3.73. The van der Waals surface area contributed by atoms with Crippen molar-refractivity contribution in [3.63, 3.8) is 0 Å². The van der Waals surface area contributed by atoms with Crippen molar-refractivity contribution in [3.05, 3.63) is 22.4 Å². The van der Waals surface area contributed by atoms with Gasteiger partial charge in [0.25, 0.3) is 0 Å². The molecule has 2 unspecified atom stereocenters. The molecule has 1 saturated heterocycles. The molecular weight excluding hydrogens is 244 g/mol. The standard InChI is InChI=1S/C14H22N2OS/c1-11(9-13-6-4-8-18-13)16(2)14(17)12-5-3-7-15-10-12/h4,6,8,11-12,15H,3,5,7,9-10H2,1-2H3. The predicted octanol–water partition coefficient (Wildman–Crippen LogP) is 2.14. The minimum atomic E-state index is 0.175. The zero-order valence-corrected chi connectivity index (χ0v) is 12.0. The molecule has 2 heterocycles. The summed E-state index contributed by atoms with van der Waals surface area (Å²) in [6.45, 7) is 4.03. The van der Waals surface area contributed by atoms with E-state index in [0.717, 1.165) is 32.4 Å². The summed E-state index contributed by atoms with van der Waals surface area (Å²) in [7, 11) is 1.94. The van der Waals surface area contributed by atoms with Crippen LogP contribution >= 0.6 is 11.3 Å². The Morgan fingerprint density at radius 1 is 1.67 bits per heavy atom. The van der Waals surface area contributed by atoms with Crippen LogP contribution in [0.4, 0.5) is 0 Å². The van der Waals surface area contributed by atoms with Gasteiger partial charge in [-0.2, -0.15) is 0 Å². The molecule has 3 nitrogen and oxygen atoms in total. The van der Waals surface area contributed by atoms with Crippen LogP contribution in [0, 0.1) is 5.92 Å². The Morgan fingerprint density at radius 3 is 3.11 bits per heavy atom. The van der Waals surface area contributed by atoms with Gasteiger partial charge in [-0.3, -0.25) is 4.79 Å². The minimum Gasteiger partial charge on any atom is -0.342 e. The van der Waals surface area contributed by atoms with Crippen molar-refractivity contribution in [2.45, 2.75) is 32.2 Å². The van der Waals surface area contributed by atoms with Crippen molar-refractivity contribution >= 4 is 17.2 Å². The van der Waals surface area contributed by atoms with Crippen LogP contribution in [0.3, 0.4) is 0 Å². The fraction of sp³-hybridized carbons (Fsp3) is 0.643. The first kappa shape index (κ1) is 13.6. The highest BCUT2D eigenvalue weighted by Gasteiger charge is 2.26. The second-order valence-corrected chi connectivity index (χ2v) is 6.16. The van der Waals surface area contributed by atoms with Crippen LogP contribution in [0.5, 0.6) is 0 Å². The second-order valence-electron chi connectivity index (χ2n) is 5.12. The molecule has 1 N–H and O–H groups in total. The van der Waals surface area contributed by atoms with Crippen molar-refractivity contribution in [1.29, 1.82) is 0 Å². The van der Waals surface area contributed by atoms with Crippen LogP contribution in [0.15, 0.2) is 17.5 Å². The zero-order chi connectivity index (χ0) is 13.0. The molecule has 1 aliphatic heterocycles. The van der Waals surface area contributed by atoms with E-state index in [9.17, 15) is 4.79 Å². The van der Waals surface area contributed by atoms with E-state index in [1.165, 1.54) is 4.88 Å². The summed E-state index contributed by atoms with van der Waals surface area (Å²) < 4.78 is 0. The molecule has 100 valence electrons. The Bertz CT molecular complexity index is 371. The van der Waals surface area contributed by atoms with Crippen molar-refractivity contribution in [2.75, 3.05) is 20.1 Å². The smallest absolute Gasteiger partial charge is 0.226 e. The van der Waals surface area contributed by atoms with Gasteiger partial charge in [0.2, 0.25) is 5.91 Å². The van der Waals surface area contributed by atoms with Crippen molar-refractivity contribution in [1.82, 2.24) is 10.2 Å². The number of rotatable bonds is 4. The molecule has 0 aliphatic carbocycles. The largest absolute Gasteiger partial charge is 0.342 e. The van der Waals surface area contributed by atoms with Crippen molar-refractivity contribution < 1.29 is 4.79 Å². The van der Waals surface area contributed by atoms with Gasteiger partial charge in [-0.05, 0) is 37.8 Å². The van der Waals surface area contributed by atoms with Gasteiger partial charge in [-0.15, -0.1) is 11.3 Å². The lowest BCUT2D eigenvalue weighted by Crippen LogP contribution is -2.45. The van der Waals surface area contributed by atoms with E-state index in [0.29, 0.717) is 5.91 Å². The number of nitrogens with one attached hydrogen (secondary N) is 1. The van der Waals surface area contributed by atoms with Crippen LogP contribution in [-0.4, -0.2) is 37.0 Å². The number of likely N-dealkylation sites (N-methyl/N-ethyl adjacent to an activating group) is 1. The first-order valence-electron chi connectivity index (χ1n) is 6.68. The lowest BCUT2D eigenvalue weighted by atomic mass is 9.97. The monoisotopic (exact) mass is 266 g/mol. The third-order valence-corrected chi connectivity index (χ3v) is 4.63. The maximum absolute atomic E-state index is 12.4. The number of amides is 1. The Hall–Kier alpha value is -0.870. The summed E-state index contributed by atoms with van der Waals surface area (Å²) in [6.07, 6.45) is 3.10. The summed E-state index contributed by atoms with van der Waals surface area (Å²) >= 11 is 1.77. The first-order chi connectivity index (χ1) is 8.68. The Kier molecular flexibility index (Phi) is 4.78. The van der Waals surface area contributed by atoms with E-state index in [1.807, 2.05) is 11.9 Å². The summed E-state index contributed by atoms with van der Waals surface area (Å²) in [5.41, 5.74) is 0. The van der Waals surface area contributed by atoms with E-state index < -0.39 is 0 Å². The van der Waals surface area contributed by atoms with Crippen LogP contribution in [0.25, 0.3) is 0 Å². The van der Waals surface area contributed by atoms with Gasteiger partial charge in [0, 0.05) is 30.9 Å². The van der Waals surface area contributed by atoms with Gasteiger partial charge >= 0.3 is 0 Å². The molecule has 1 aromatic heterocycles. The fourth-order valence-electron chi connectivity index (χ4n) is 2.42. The summed E-state index contributed by atoms with van der Waals surface area (Å²) in [5.74, 6) is 0.473. The molecule has 0 bridgehead atoms. The molecule has 0 spiro atoms. The summed E-state index contributed by atoms with van der Waals surface area (Å²) in [5, 5.41) is 5.40. The highest BCUT2D eigenvalue weighted by molar-refractivity contribution is 7.09.